The molecule has 19 heavy (non-hydrogen) atoms. The Bertz CT molecular complexity index is 539. The molecule has 0 saturated heterocycles. The van der Waals surface area contributed by atoms with E-state index in [9.17, 15) is 14.7 Å². The summed E-state index contributed by atoms with van der Waals surface area (Å²) >= 11 is 1.61. The Morgan fingerprint density at radius 3 is 2.74 bits per heavy atom. The summed E-state index contributed by atoms with van der Waals surface area (Å²) in [6, 6.07) is 2.05. The zero-order valence-electron chi connectivity index (χ0n) is 11.2. The molecule has 0 aliphatic heterocycles. The molecule has 1 heterocycles. The highest BCUT2D eigenvalue weighted by atomic mass is 32.1. The number of hydrogen-bond acceptors (Lipinski definition) is 4. The predicted octanol–water partition coefficient (Wildman–Crippen LogP) is 3.68. The smallest absolute Gasteiger partial charge is 0.170 e. The van der Waals surface area contributed by atoms with Crippen molar-refractivity contribution < 1.29 is 14.7 Å². The van der Waals surface area contributed by atoms with Gasteiger partial charge in [-0.15, -0.1) is 11.3 Å². The molecule has 0 saturated carbocycles. The van der Waals surface area contributed by atoms with E-state index in [1.165, 1.54) is 5.56 Å². The molecular formula is C15H18O3S. The molecule has 1 aliphatic rings. The minimum absolute atomic E-state index is 0.0179. The fourth-order valence-electron chi connectivity index (χ4n) is 2.43. The van der Waals surface area contributed by atoms with Gasteiger partial charge in [-0.25, -0.2) is 0 Å². The minimum Gasteiger partial charge on any atom is -0.511 e. The summed E-state index contributed by atoms with van der Waals surface area (Å²) < 4.78 is 0. The molecule has 0 aromatic carbocycles. The standard InChI is InChI=1S/C15H18O3S/c1-3-4-11(16)15-12(17)6-10(7-13(15)18)14-5-9(2)8-19-14/h5,8,10,17H,3-4,6-7H2,1-2H3. The van der Waals surface area contributed by atoms with Crippen molar-refractivity contribution in [2.24, 2.45) is 0 Å². The third-order valence-corrected chi connectivity index (χ3v) is 4.56. The van der Waals surface area contributed by atoms with Gasteiger partial charge in [-0.1, -0.05) is 6.92 Å². The molecule has 1 atom stereocenters. The van der Waals surface area contributed by atoms with Crippen LogP contribution >= 0.6 is 11.3 Å². The second-order valence-corrected chi connectivity index (χ2v) is 5.99. The van der Waals surface area contributed by atoms with Gasteiger partial charge in [-0.05, 0) is 30.4 Å². The zero-order valence-corrected chi connectivity index (χ0v) is 12.0. The van der Waals surface area contributed by atoms with Gasteiger partial charge in [0.05, 0.1) is 5.57 Å². The van der Waals surface area contributed by atoms with E-state index in [0.717, 1.165) is 4.88 Å². The maximum absolute atomic E-state index is 12.1. The lowest BCUT2D eigenvalue weighted by atomic mass is 9.84. The second kappa shape index (κ2) is 5.70. The molecule has 4 heteroatoms. The molecule has 1 aromatic rings. The molecule has 1 unspecified atom stereocenters. The number of carbonyl (C=O) groups is 2. The number of carbonyl (C=O) groups excluding carboxylic acids is 2. The first-order chi connectivity index (χ1) is 9.02. The number of ketones is 2. The quantitative estimate of drug-likeness (QED) is 0.855. The lowest BCUT2D eigenvalue weighted by molar-refractivity contribution is -0.122. The van der Waals surface area contributed by atoms with E-state index in [4.69, 9.17) is 0 Å². The van der Waals surface area contributed by atoms with E-state index < -0.39 is 0 Å². The van der Waals surface area contributed by atoms with Gasteiger partial charge in [0.2, 0.25) is 0 Å². The molecular weight excluding hydrogens is 260 g/mol. The summed E-state index contributed by atoms with van der Waals surface area (Å²) in [4.78, 5) is 25.0. The maximum atomic E-state index is 12.1. The van der Waals surface area contributed by atoms with Crippen LogP contribution in [-0.4, -0.2) is 16.7 Å². The molecule has 0 fully saturated rings. The van der Waals surface area contributed by atoms with Crippen molar-refractivity contribution in [2.75, 3.05) is 0 Å². The number of hydrogen-bond donors (Lipinski definition) is 1. The van der Waals surface area contributed by atoms with Crippen LogP contribution in [0.2, 0.25) is 0 Å². The average Bonchev–Trinajstić information content (AvgIpc) is 2.75. The van der Waals surface area contributed by atoms with Gasteiger partial charge < -0.3 is 5.11 Å². The molecule has 2 rings (SSSR count). The molecule has 1 N–H and O–H groups in total. The summed E-state index contributed by atoms with van der Waals surface area (Å²) in [7, 11) is 0. The predicted molar refractivity (Wildman–Crippen MR) is 75.6 cm³/mol. The molecule has 3 nitrogen and oxygen atoms in total. The van der Waals surface area contributed by atoms with Crippen LogP contribution in [-0.2, 0) is 9.59 Å². The van der Waals surface area contributed by atoms with E-state index in [-0.39, 0.29) is 28.8 Å². The van der Waals surface area contributed by atoms with Crippen LogP contribution in [0.5, 0.6) is 0 Å². The van der Waals surface area contributed by atoms with Crippen LogP contribution in [0.15, 0.2) is 22.8 Å². The van der Waals surface area contributed by atoms with E-state index >= 15 is 0 Å². The van der Waals surface area contributed by atoms with Gasteiger partial charge in [0, 0.05) is 30.1 Å². The number of thiophene rings is 1. The Kier molecular flexibility index (Phi) is 4.20. The third-order valence-electron chi connectivity index (χ3n) is 3.35. The van der Waals surface area contributed by atoms with Crippen molar-refractivity contribution in [1.29, 1.82) is 0 Å². The monoisotopic (exact) mass is 278 g/mol. The number of rotatable bonds is 4. The van der Waals surface area contributed by atoms with Crippen molar-refractivity contribution in [3.8, 4) is 0 Å². The molecule has 0 bridgehead atoms. The Morgan fingerprint density at radius 2 is 2.21 bits per heavy atom. The summed E-state index contributed by atoms with van der Waals surface area (Å²) in [5.74, 6) is -0.431. The Morgan fingerprint density at radius 1 is 1.47 bits per heavy atom. The first-order valence-corrected chi connectivity index (χ1v) is 7.44. The normalized spacial score (nSPS) is 19.9. The van der Waals surface area contributed by atoms with Crippen molar-refractivity contribution >= 4 is 22.9 Å². The van der Waals surface area contributed by atoms with Gasteiger partial charge in [0.1, 0.15) is 5.76 Å². The highest BCUT2D eigenvalue weighted by Gasteiger charge is 2.32. The maximum Gasteiger partial charge on any atom is 0.170 e. The van der Waals surface area contributed by atoms with Crippen molar-refractivity contribution in [3.63, 3.8) is 0 Å². The van der Waals surface area contributed by atoms with Crippen LogP contribution in [0, 0.1) is 6.92 Å². The molecule has 0 spiro atoms. The largest absolute Gasteiger partial charge is 0.511 e. The zero-order chi connectivity index (χ0) is 14.0. The molecule has 102 valence electrons. The fraction of sp³-hybridized carbons (Fsp3) is 0.467. The van der Waals surface area contributed by atoms with Crippen LogP contribution in [0.25, 0.3) is 0 Å². The third kappa shape index (κ3) is 2.95. The summed E-state index contributed by atoms with van der Waals surface area (Å²) in [6.07, 6.45) is 1.75. The summed E-state index contributed by atoms with van der Waals surface area (Å²) in [5.41, 5.74) is 1.22. The van der Waals surface area contributed by atoms with Gasteiger partial charge in [0.25, 0.3) is 0 Å². The molecule has 0 amide bonds. The number of allylic oxidation sites excluding steroid dienone is 2. The second-order valence-electron chi connectivity index (χ2n) is 5.05. The molecule has 1 aromatic heterocycles. The Hall–Kier alpha value is -1.42. The lowest BCUT2D eigenvalue weighted by Crippen LogP contribution is -2.23. The molecule has 1 aliphatic carbocycles. The van der Waals surface area contributed by atoms with E-state index in [0.29, 0.717) is 25.7 Å². The van der Waals surface area contributed by atoms with Crippen molar-refractivity contribution in [1.82, 2.24) is 0 Å². The molecule has 0 radical (unpaired) electrons. The Balaban J connectivity index is 2.22. The van der Waals surface area contributed by atoms with Crippen LogP contribution < -0.4 is 0 Å². The van der Waals surface area contributed by atoms with E-state index in [2.05, 4.69) is 6.07 Å². The van der Waals surface area contributed by atoms with Crippen LogP contribution in [0.1, 0.15) is 49.0 Å². The van der Waals surface area contributed by atoms with E-state index in [1.807, 2.05) is 19.2 Å². The first-order valence-electron chi connectivity index (χ1n) is 6.56. The summed E-state index contributed by atoms with van der Waals surface area (Å²) in [6.45, 7) is 3.90. The van der Waals surface area contributed by atoms with Crippen molar-refractivity contribution in [3.05, 3.63) is 33.2 Å². The van der Waals surface area contributed by atoms with Gasteiger partial charge in [0.15, 0.2) is 11.6 Å². The number of aliphatic hydroxyl groups excluding tert-OH is 1. The number of Topliss-reactive ketones (excluding diaryl/α,β-unsaturated/α-hetero) is 2. The SMILES string of the molecule is CCCC(=O)C1=C(O)CC(c2cc(C)cs2)CC1=O. The van der Waals surface area contributed by atoms with Crippen molar-refractivity contribution in [2.45, 2.75) is 45.4 Å². The van der Waals surface area contributed by atoms with Gasteiger partial charge in [-0.2, -0.15) is 0 Å². The van der Waals surface area contributed by atoms with Gasteiger partial charge in [-0.3, -0.25) is 9.59 Å². The highest BCUT2D eigenvalue weighted by Crippen LogP contribution is 2.36. The minimum atomic E-state index is -0.217. The lowest BCUT2D eigenvalue weighted by Gasteiger charge is -2.21. The first kappa shape index (κ1) is 14.0. The average molecular weight is 278 g/mol. The number of aliphatic hydroxyl groups is 1. The summed E-state index contributed by atoms with van der Waals surface area (Å²) in [5, 5.41) is 12.1. The van der Waals surface area contributed by atoms with E-state index in [1.54, 1.807) is 11.3 Å². The van der Waals surface area contributed by atoms with Crippen LogP contribution in [0.3, 0.4) is 0 Å². The van der Waals surface area contributed by atoms with Gasteiger partial charge >= 0.3 is 0 Å². The highest BCUT2D eigenvalue weighted by molar-refractivity contribution is 7.10. The van der Waals surface area contributed by atoms with Crippen LogP contribution in [0.4, 0.5) is 0 Å². The Labute approximate surface area is 117 Å². The number of aryl methyl sites for hydroxylation is 1. The fourth-order valence-corrected chi connectivity index (χ4v) is 3.43. The topological polar surface area (TPSA) is 54.4 Å².